The summed E-state index contributed by atoms with van der Waals surface area (Å²) in [7, 11) is -2.87. The lowest BCUT2D eigenvalue weighted by Gasteiger charge is -2.44. The van der Waals surface area contributed by atoms with E-state index in [2.05, 4.69) is 11.4 Å². The maximum atomic E-state index is 11.6. The standard InChI is InChI=1S/C14H20ClNO2S/c1-2-19(17,18)9-5-8-14(10-16-11-14)12-6-3-4-7-13(12)15/h3-4,6-7,16H,2,5,8-11H2,1H3. The Morgan fingerprint density at radius 3 is 2.53 bits per heavy atom. The van der Waals surface area contributed by atoms with Crippen LogP contribution in [0.15, 0.2) is 24.3 Å². The molecule has 1 saturated heterocycles. The van der Waals surface area contributed by atoms with Crippen molar-refractivity contribution in [3.8, 4) is 0 Å². The van der Waals surface area contributed by atoms with Crippen LogP contribution < -0.4 is 5.32 Å². The molecule has 0 amide bonds. The van der Waals surface area contributed by atoms with Crippen molar-refractivity contribution in [2.45, 2.75) is 25.2 Å². The number of sulfone groups is 1. The number of hydrogen-bond donors (Lipinski definition) is 1. The van der Waals surface area contributed by atoms with Crippen LogP contribution in [-0.2, 0) is 15.3 Å². The topological polar surface area (TPSA) is 46.2 Å². The molecule has 0 radical (unpaired) electrons. The summed E-state index contributed by atoms with van der Waals surface area (Å²) in [6.45, 7) is 3.45. The van der Waals surface area contributed by atoms with Crippen LogP contribution in [0, 0.1) is 0 Å². The van der Waals surface area contributed by atoms with Gasteiger partial charge >= 0.3 is 0 Å². The second-order valence-corrected chi connectivity index (χ2v) is 8.08. The SMILES string of the molecule is CCS(=O)(=O)CCCC1(c2ccccc2Cl)CNC1. The summed E-state index contributed by atoms with van der Waals surface area (Å²) in [5.74, 6) is 0.500. The van der Waals surface area contributed by atoms with E-state index in [1.54, 1.807) is 6.92 Å². The summed E-state index contributed by atoms with van der Waals surface area (Å²) in [6.07, 6.45) is 1.56. The number of benzene rings is 1. The summed E-state index contributed by atoms with van der Waals surface area (Å²) in [4.78, 5) is 0. The molecule has 0 unspecified atom stereocenters. The normalized spacial score (nSPS) is 18.0. The van der Waals surface area contributed by atoms with Gasteiger partial charge in [-0.15, -0.1) is 0 Å². The predicted molar refractivity (Wildman–Crippen MR) is 79.6 cm³/mol. The highest BCUT2D eigenvalue weighted by molar-refractivity contribution is 7.91. The van der Waals surface area contributed by atoms with Crippen LogP contribution in [-0.4, -0.2) is 33.0 Å². The van der Waals surface area contributed by atoms with Gasteiger partial charge < -0.3 is 5.32 Å². The van der Waals surface area contributed by atoms with Gasteiger partial charge in [0.2, 0.25) is 0 Å². The van der Waals surface area contributed by atoms with Crippen molar-refractivity contribution >= 4 is 21.4 Å². The second kappa shape index (κ2) is 5.81. The van der Waals surface area contributed by atoms with Gasteiger partial charge in [-0.3, -0.25) is 0 Å². The minimum atomic E-state index is -2.87. The van der Waals surface area contributed by atoms with E-state index in [1.165, 1.54) is 0 Å². The molecule has 1 aromatic rings. The molecule has 1 N–H and O–H groups in total. The highest BCUT2D eigenvalue weighted by Gasteiger charge is 2.39. The molecule has 19 heavy (non-hydrogen) atoms. The molecule has 3 nitrogen and oxygen atoms in total. The Morgan fingerprint density at radius 2 is 2.00 bits per heavy atom. The molecule has 2 rings (SSSR count). The first-order valence-corrected chi connectivity index (χ1v) is 8.85. The van der Waals surface area contributed by atoms with Gasteiger partial charge in [0.25, 0.3) is 0 Å². The molecule has 0 aromatic heterocycles. The van der Waals surface area contributed by atoms with Crippen LogP contribution in [0.1, 0.15) is 25.3 Å². The van der Waals surface area contributed by atoms with Crippen molar-refractivity contribution in [1.29, 1.82) is 0 Å². The monoisotopic (exact) mass is 301 g/mol. The van der Waals surface area contributed by atoms with Crippen molar-refractivity contribution in [3.63, 3.8) is 0 Å². The van der Waals surface area contributed by atoms with Crippen molar-refractivity contribution in [3.05, 3.63) is 34.9 Å². The molecule has 1 heterocycles. The molecule has 5 heteroatoms. The number of nitrogens with one attached hydrogen (secondary N) is 1. The van der Waals surface area contributed by atoms with Crippen LogP contribution in [0.4, 0.5) is 0 Å². The molecule has 1 aliphatic rings. The summed E-state index contributed by atoms with van der Waals surface area (Å²) < 4.78 is 23.1. The third kappa shape index (κ3) is 3.30. The predicted octanol–water partition coefficient (Wildman–Crippen LogP) is 2.40. The fourth-order valence-electron chi connectivity index (χ4n) is 2.59. The first kappa shape index (κ1) is 14.8. The van der Waals surface area contributed by atoms with Gasteiger partial charge in [0.05, 0.1) is 5.75 Å². The zero-order valence-electron chi connectivity index (χ0n) is 11.2. The van der Waals surface area contributed by atoms with Crippen molar-refractivity contribution in [2.75, 3.05) is 24.6 Å². The summed E-state index contributed by atoms with van der Waals surface area (Å²) in [5.41, 5.74) is 1.16. The second-order valence-electron chi connectivity index (χ2n) is 5.20. The van der Waals surface area contributed by atoms with E-state index >= 15 is 0 Å². The zero-order valence-corrected chi connectivity index (χ0v) is 12.7. The Kier molecular flexibility index (Phi) is 4.54. The van der Waals surface area contributed by atoms with E-state index in [1.807, 2.05) is 18.2 Å². The Balaban J connectivity index is 2.06. The number of halogens is 1. The van der Waals surface area contributed by atoms with E-state index in [4.69, 9.17) is 11.6 Å². The first-order chi connectivity index (χ1) is 8.99. The van der Waals surface area contributed by atoms with Gasteiger partial charge in [-0.25, -0.2) is 8.42 Å². The molecule has 0 spiro atoms. The average molecular weight is 302 g/mol. The van der Waals surface area contributed by atoms with Crippen LogP contribution >= 0.6 is 11.6 Å². The van der Waals surface area contributed by atoms with Gasteiger partial charge in [-0.05, 0) is 24.5 Å². The highest BCUT2D eigenvalue weighted by atomic mass is 35.5. The zero-order chi connectivity index (χ0) is 13.9. The largest absolute Gasteiger partial charge is 0.315 e. The highest BCUT2D eigenvalue weighted by Crippen LogP contribution is 2.37. The average Bonchev–Trinajstić information content (AvgIpc) is 2.34. The molecule has 1 aromatic carbocycles. The number of rotatable bonds is 6. The summed E-state index contributed by atoms with van der Waals surface area (Å²) >= 11 is 6.27. The van der Waals surface area contributed by atoms with Crippen LogP contribution in [0.2, 0.25) is 5.02 Å². The van der Waals surface area contributed by atoms with Crippen LogP contribution in [0.25, 0.3) is 0 Å². The van der Waals surface area contributed by atoms with Gasteiger partial charge in [0.15, 0.2) is 0 Å². The van der Waals surface area contributed by atoms with Crippen LogP contribution in [0.5, 0.6) is 0 Å². The first-order valence-electron chi connectivity index (χ1n) is 6.65. The fourth-order valence-corrected chi connectivity index (χ4v) is 3.80. The lowest BCUT2D eigenvalue weighted by atomic mass is 9.72. The quantitative estimate of drug-likeness (QED) is 0.877. The van der Waals surface area contributed by atoms with Gasteiger partial charge in [0.1, 0.15) is 9.84 Å². The minimum absolute atomic E-state index is 0.0155. The lowest BCUT2D eigenvalue weighted by molar-refractivity contribution is 0.256. The lowest BCUT2D eigenvalue weighted by Crippen LogP contribution is -2.57. The van der Waals surface area contributed by atoms with E-state index in [0.29, 0.717) is 6.42 Å². The van der Waals surface area contributed by atoms with Gasteiger partial charge in [-0.2, -0.15) is 0 Å². The van der Waals surface area contributed by atoms with Gasteiger partial charge in [-0.1, -0.05) is 36.7 Å². The number of hydrogen-bond acceptors (Lipinski definition) is 3. The Bertz CT molecular complexity index is 538. The smallest absolute Gasteiger partial charge is 0.150 e. The molecule has 0 bridgehead atoms. The molecule has 0 saturated carbocycles. The molecular weight excluding hydrogens is 282 g/mol. The molecule has 1 fully saturated rings. The minimum Gasteiger partial charge on any atom is -0.315 e. The van der Waals surface area contributed by atoms with E-state index in [9.17, 15) is 8.42 Å². The Labute approximate surface area is 120 Å². The molecular formula is C14H20ClNO2S. The van der Waals surface area contributed by atoms with E-state index in [-0.39, 0.29) is 16.9 Å². The maximum absolute atomic E-state index is 11.6. The van der Waals surface area contributed by atoms with E-state index < -0.39 is 9.84 Å². The van der Waals surface area contributed by atoms with Crippen molar-refractivity contribution in [1.82, 2.24) is 5.32 Å². The molecule has 1 aliphatic heterocycles. The third-order valence-electron chi connectivity index (χ3n) is 3.92. The van der Waals surface area contributed by atoms with E-state index in [0.717, 1.165) is 30.1 Å². The van der Waals surface area contributed by atoms with Gasteiger partial charge in [0, 0.05) is 29.3 Å². The molecule has 0 aliphatic carbocycles. The fraction of sp³-hybridized carbons (Fsp3) is 0.571. The molecule has 106 valence electrons. The maximum Gasteiger partial charge on any atom is 0.150 e. The summed E-state index contributed by atoms with van der Waals surface area (Å²) in [5, 5.41) is 4.06. The molecule has 0 atom stereocenters. The Morgan fingerprint density at radius 1 is 1.32 bits per heavy atom. The Hall–Kier alpha value is -0.580. The third-order valence-corrected chi connectivity index (χ3v) is 6.04. The van der Waals surface area contributed by atoms with Crippen molar-refractivity contribution < 1.29 is 8.42 Å². The van der Waals surface area contributed by atoms with Crippen LogP contribution in [0.3, 0.4) is 0 Å². The van der Waals surface area contributed by atoms with Crippen molar-refractivity contribution in [2.24, 2.45) is 0 Å². The summed E-state index contributed by atoms with van der Waals surface area (Å²) in [6, 6.07) is 7.87.